The van der Waals surface area contributed by atoms with Gasteiger partial charge in [0.05, 0.1) is 6.20 Å². The highest BCUT2D eigenvalue weighted by Crippen LogP contribution is 2.20. The molecular weight excluding hydrogens is 252 g/mol. The van der Waals surface area contributed by atoms with Crippen molar-refractivity contribution in [2.45, 2.75) is 43.7 Å². The van der Waals surface area contributed by atoms with Crippen molar-refractivity contribution in [3.05, 3.63) is 11.8 Å². The van der Waals surface area contributed by atoms with Crippen molar-refractivity contribution in [1.82, 2.24) is 14.5 Å². The molecule has 0 aromatic carbocycles. The van der Waals surface area contributed by atoms with Crippen molar-refractivity contribution in [2.75, 3.05) is 13.1 Å². The normalized spacial score (nSPS) is 19.4. The largest absolute Gasteiger partial charge is 0.326 e. The van der Waals surface area contributed by atoms with Gasteiger partial charge < -0.3 is 5.73 Å². The number of hydrogen-bond donors (Lipinski definition) is 2. The number of hydrogen-bond acceptors (Lipinski definition) is 4. The van der Waals surface area contributed by atoms with E-state index in [1.54, 1.807) is 4.31 Å². The molecule has 0 spiro atoms. The van der Waals surface area contributed by atoms with Gasteiger partial charge in [0, 0.05) is 25.2 Å². The maximum absolute atomic E-state index is 12.5. The average molecular weight is 272 g/mol. The molecule has 0 radical (unpaired) electrons. The van der Waals surface area contributed by atoms with E-state index in [1.165, 1.54) is 12.6 Å². The quantitative estimate of drug-likeness (QED) is 0.852. The number of aromatic nitrogens is 2. The van der Waals surface area contributed by atoms with Gasteiger partial charge in [-0.25, -0.2) is 8.42 Å². The van der Waals surface area contributed by atoms with Gasteiger partial charge in [0.2, 0.25) is 0 Å². The molecule has 6 nitrogen and oxygen atoms in total. The maximum atomic E-state index is 12.5. The van der Waals surface area contributed by atoms with E-state index in [0.29, 0.717) is 18.7 Å². The Morgan fingerprint density at radius 2 is 1.83 bits per heavy atom. The average Bonchev–Trinajstić information content (AvgIpc) is 2.76. The molecule has 18 heavy (non-hydrogen) atoms. The molecule has 0 unspecified atom stereocenters. The Morgan fingerprint density at radius 3 is 2.44 bits per heavy atom. The summed E-state index contributed by atoms with van der Waals surface area (Å²) in [5.41, 5.74) is 6.09. The van der Waals surface area contributed by atoms with Gasteiger partial charge in [-0.15, -0.1) is 0 Å². The lowest BCUT2D eigenvalue weighted by Gasteiger charge is -2.23. The lowest BCUT2D eigenvalue weighted by Crippen LogP contribution is -2.34. The molecule has 2 heterocycles. The number of nitrogens with two attached hydrogens (primary N) is 1. The molecule has 1 aliphatic rings. The van der Waals surface area contributed by atoms with Gasteiger partial charge in [-0.05, 0) is 12.8 Å². The highest BCUT2D eigenvalue weighted by atomic mass is 32.2. The van der Waals surface area contributed by atoms with E-state index in [-0.39, 0.29) is 11.6 Å². The summed E-state index contributed by atoms with van der Waals surface area (Å²) < 4.78 is 26.5. The second-order valence-electron chi connectivity index (χ2n) is 4.60. The summed E-state index contributed by atoms with van der Waals surface area (Å²) >= 11 is 0. The van der Waals surface area contributed by atoms with Crippen LogP contribution in [-0.2, 0) is 16.6 Å². The van der Waals surface area contributed by atoms with Crippen LogP contribution >= 0.6 is 0 Å². The first-order valence-corrected chi connectivity index (χ1v) is 7.82. The van der Waals surface area contributed by atoms with E-state index in [1.807, 2.05) is 0 Å². The van der Waals surface area contributed by atoms with Crippen LogP contribution in [0.2, 0.25) is 0 Å². The van der Waals surface area contributed by atoms with E-state index in [2.05, 4.69) is 10.2 Å². The Kier molecular flexibility index (Phi) is 4.36. The van der Waals surface area contributed by atoms with Crippen LogP contribution in [0.1, 0.15) is 37.7 Å². The Hall–Kier alpha value is -0.920. The Balaban J connectivity index is 2.23. The molecule has 0 amide bonds. The molecule has 102 valence electrons. The van der Waals surface area contributed by atoms with E-state index in [9.17, 15) is 8.42 Å². The molecule has 0 aliphatic carbocycles. The summed E-state index contributed by atoms with van der Waals surface area (Å²) in [6.45, 7) is 1.36. The zero-order valence-electron chi connectivity index (χ0n) is 10.4. The highest BCUT2D eigenvalue weighted by molar-refractivity contribution is 7.89. The van der Waals surface area contributed by atoms with Gasteiger partial charge in [-0.1, -0.05) is 19.3 Å². The van der Waals surface area contributed by atoms with Crippen LogP contribution in [0.15, 0.2) is 11.2 Å². The molecule has 1 fully saturated rings. The summed E-state index contributed by atoms with van der Waals surface area (Å²) in [5, 5.41) is 6.51. The number of H-pyrrole nitrogens is 1. The van der Waals surface area contributed by atoms with Crippen molar-refractivity contribution in [2.24, 2.45) is 5.73 Å². The van der Waals surface area contributed by atoms with Crippen LogP contribution in [0.5, 0.6) is 0 Å². The minimum atomic E-state index is -3.47. The molecule has 1 saturated heterocycles. The molecule has 7 heteroatoms. The molecule has 1 aromatic rings. The molecule has 2 rings (SSSR count). The molecular formula is C11H20N4O2S. The molecule has 1 aromatic heterocycles. The van der Waals surface area contributed by atoms with Gasteiger partial charge in [0.1, 0.15) is 0 Å². The van der Waals surface area contributed by atoms with E-state index >= 15 is 0 Å². The van der Waals surface area contributed by atoms with Gasteiger partial charge in [-0.3, -0.25) is 5.10 Å². The maximum Gasteiger partial charge on any atom is 0.260 e. The van der Waals surface area contributed by atoms with Crippen molar-refractivity contribution in [1.29, 1.82) is 0 Å². The smallest absolute Gasteiger partial charge is 0.260 e. The lowest BCUT2D eigenvalue weighted by atomic mass is 10.1. The highest BCUT2D eigenvalue weighted by Gasteiger charge is 2.28. The van der Waals surface area contributed by atoms with Crippen LogP contribution in [0.4, 0.5) is 0 Å². The fourth-order valence-electron chi connectivity index (χ4n) is 2.26. The first-order chi connectivity index (χ1) is 8.66. The molecule has 0 saturated carbocycles. The molecule has 3 N–H and O–H groups in total. The van der Waals surface area contributed by atoms with Gasteiger partial charge in [0.25, 0.3) is 10.0 Å². The number of nitrogens with one attached hydrogen (secondary N) is 1. The third-order valence-corrected chi connectivity index (χ3v) is 5.23. The first kappa shape index (κ1) is 13.5. The Bertz CT molecular complexity index is 475. The third kappa shape index (κ3) is 2.73. The Morgan fingerprint density at radius 1 is 1.22 bits per heavy atom. The van der Waals surface area contributed by atoms with Crippen molar-refractivity contribution < 1.29 is 8.42 Å². The summed E-state index contributed by atoms with van der Waals surface area (Å²) in [4.78, 5) is 0. The zero-order valence-corrected chi connectivity index (χ0v) is 11.2. The minimum Gasteiger partial charge on any atom is -0.326 e. The second kappa shape index (κ2) is 5.81. The van der Waals surface area contributed by atoms with Crippen LogP contribution < -0.4 is 5.73 Å². The number of nitrogens with zero attached hydrogens (tertiary/aromatic N) is 2. The van der Waals surface area contributed by atoms with Crippen molar-refractivity contribution >= 4 is 10.0 Å². The zero-order chi connectivity index (χ0) is 13.0. The topological polar surface area (TPSA) is 92.1 Å². The predicted octanol–water partition coefficient (Wildman–Crippen LogP) is 0.823. The molecule has 0 bridgehead atoms. The fraction of sp³-hybridized carbons (Fsp3) is 0.727. The van der Waals surface area contributed by atoms with Gasteiger partial charge in [0.15, 0.2) is 5.03 Å². The summed E-state index contributed by atoms with van der Waals surface area (Å²) in [6, 6.07) is 0. The molecule has 1 aliphatic heterocycles. The number of sulfonamides is 1. The third-order valence-electron chi connectivity index (χ3n) is 3.31. The number of rotatable bonds is 3. The van der Waals surface area contributed by atoms with E-state index in [4.69, 9.17) is 5.73 Å². The molecule has 0 atom stereocenters. The summed E-state index contributed by atoms with van der Waals surface area (Å²) in [6.07, 6.45) is 6.72. The standard InChI is InChI=1S/C11H20N4O2S/c12-8-10-9-13-14-11(10)18(16,17)15-6-4-2-1-3-5-7-15/h9H,1-8,12H2,(H,13,14). The summed E-state index contributed by atoms with van der Waals surface area (Å²) in [7, 11) is -3.47. The fourth-order valence-corrected chi connectivity index (χ4v) is 3.89. The number of aromatic amines is 1. The van der Waals surface area contributed by atoms with Crippen LogP contribution in [0.25, 0.3) is 0 Å². The van der Waals surface area contributed by atoms with Gasteiger partial charge >= 0.3 is 0 Å². The van der Waals surface area contributed by atoms with E-state index < -0.39 is 10.0 Å². The van der Waals surface area contributed by atoms with Crippen molar-refractivity contribution in [3.8, 4) is 0 Å². The Labute approximate surface area is 108 Å². The van der Waals surface area contributed by atoms with Crippen LogP contribution in [0.3, 0.4) is 0 Å². The SMILES string of the molecule is NCc1cn[nH]c1S(=O)(=O)N1CCCCCCC1. The van der Waals surface area contributed by atoms with E-state index in [0.717, 1.165) is 25.7 Å². The van der Waals surface area contributed by atoms with Crippen LogP contribution in [-0.4, -0.2) is 36.0 Å². The van der Waals surface area contributed by atoms with Crippen LogP contribution in [0, 0.1) is 0 Å². The minimum absolute atomic E-state index is 0.158. The predicted molar refractivity (Wildman–Crippen MR) is 68.3 cm³/mol. The van der Waals surface area contributed by atoms with Gasteiger partial charge in [-0.2, -0.15) is 9.40 Å². The summed E-state index contributed by atoms with van der Waals surface area (Å²) in [5.74, 6) is 0. The monoisotopic (exact) mass is 272 g/mol. The first-order valence-electron chi connectivity index (χ1n) is 6.38. The van der Waals surface area contributed by atoms with Crippen molar-refractivity contribution in [3.63, 3.8) is 0 Å². The second-order valence-corrected chi connectivity index (χ2v) is 6.48. The lowest BCUT2D eigenvalue weighted by molar-refractivity contribution is 0.362.